The van der Waals surface area contributed by atoms with Crippen molar-refractivity contribution < 1.29 is 24.9 Å². The first kappa shape index (κ1) is 12.8. The van der Waals surface area contributed by atoms with Crippen LogP contribution in [0.25, 0.3) is 0 Å². The van der Waals surface area contributed by atoms with Crippen LogP contribution in [-0.4, -0.2) is 11.6 Å². The molecule has 0 N–H and O–H groups in total. The van der Waals surface area contributed by atoms with Gasteiger partial charge in [0.15, 0.2) is 0 Å². The summed E-state index contributed by atoms with van der Waals surface area (Å²) in [5, 5.41) is 0. The van der Waals surface area contributed by atoms with Crippen LogP contribution in [-0.2, 0) is 6.51 Å². The van der Waals surface area contributed by atoms with Crippen molar-refractivity contribution in [3.05, 3.63) is 71.3 Å². The van der Waals surface area contributed by atoms with Gasteiger partial charge in [0.25, 0.3) is 0 Å². The van der Waals surface area contributed by atoms with Crippen LogP contribution in [0.3, 0.4) is 0 Å². The van der Waals surface area contributed by atoms with Gasteiger partial charge in [-0.3, -0.25) is 0 Å². The molecule has 0 saturated carbocycles. The first-order valence-electron chi connectivity index (χ1n) is 10.6. The minimum atomic E-state index is -4.49. The molecule has 10 heterocycles. The van der Waals surface area contributed by atoms with Gasteiger partial charge in [-0.2, -0.15) is 0 Å². The van der Waals surface area contributed by atoms with Crippen LogP contribution in [0, 0.1) is 11.6 Å². The van der Waals surface area contributed by atoms with Crippen molar-refractivity contribution >= 4 is 11.6 Å². The predicted octanol–water partition coefficient (Wildman–Crippen LogP) is 6.16. The van der Waals surface area contributed by atoms with E-state index in [1.807, 2.05) is 0 Å². The van der Waals surface area contributed by atoms with E-state index < -0.39 is 18.1 Å². The fourth-order valence-corrected chi connectivity index (χ4v) is 94.8. The Kier molecular flexibility index (Phi) is 0.659. The van der Waals surface area contributed by atoms with E-state index in [2.05, 4.69) is 0 Å². The summed E-state index contributed by atoms with van der Waals surface area (Å²) in [5.41, 5.74) is 0.517. The van der Waals surface area contributed by atoms with E-state index in [-0.39, 0.29) is 31.3 Å². The van der Waals surface area contributed by atoms with Gasteiger partial charge in [-0.25, -0.2) is 0 Å². The molecule has 146 valence electrons. The molecular formula is C24H16F2FeO2. The predicted molar refractivity (Wildman–Crippen MR) is 96.8 cm³/mol. The number of ketones is 2. The number of halogens is 2. The van der Waals surface area contributed by atoms with Crippen LogP contribution < -0.4 is 0 Å². The Morgan fingerprint density at radius 2 is 1.00 bits per heavy atom. The number of hydrogen-bond acceptors (Lipinski definition) is 2. The Labute approximate surface area is 155 Å². The number of fused-ring (bicyclic) bond motifs is 10. The first-order valence-corrected chi connectivity index (χ1v) is 16.8. The standard InChI is InChI=1S/2C12H8FO.Fe/c2*13-11-8-4-3-7-10(11)12(14)9-5-1-2-6-9;/h2*1-8H;. The van der Waals surface area contributed by atoms with Crippen LogP contribution in [0.1, 0.15) is 20.7 Å². The summed E-state index contributed by atoms with van der Waals surface area (Å²) in [4.78, 5) is 32.6. The van der Waals surface area contributed by atoms with Crippen molar-refractivity contribution in [2.45, 2.75) is 47.2 Å². The molecule has 2 aromatic rings. The number of Topliss-reactive ketones (excluding diaryl/α,β-unsaturated/α-hetero) is 2. The Hall–Kier alpha value is -1.84. The molecule has 8 atom stereocenters. The van der Waals surface area contributed by atoms with Gasteiger partial charge in [-0.15, -0.1) is 0 Å². The molecule has 12 rings (SSSR count). The Morgan fingerprint density at radius 1 is 0.655 bits per heavy atom. The van der Waals surface area contributed by atoms with E-state index in [9.17, 15) is 18.4 Å². The molecule has 10 saturated heterocycles. The van der Waals surface area contributed by atoms with Gasteiger partial charge in [0.05, 0.1) is 0 Å². The maximum atomic E-state index is 14.6. The topological polar surface area (TPSA) is 34.1 Å². The van der Waals surface area contributed by atoms with Gasteiger partial charge in [0.1, 0.15) is 0 Å². The minimum absolute atomic E-state index is 0.0582. The van der Waals surface area contributed by atoms with E-state index in [1.54, 1.807) is 36.4 Å². The number of benzene rings is 2. The van der Waals surface area contributed by atoms with Crippen LogP contribution >= 0.6 is 0 Å². The average molecular weight is 430 g/mol. The van der Waals surface area contributed by atoms with Gasteiger partial charge in [-0.05, 0) is 0 Å². The number of carbonyl (C=O) groups is 2. The van der Waals surface area contributed by atoms with Gasteiger partial charge in [-0.1, -0.05) is 0 Å². The molecule has 10 aliphatic rings. The molecule has 0 radical (unpaired) electrons. The van der Waals surface area contributed by atoms with E-state index in [1.165, 1.54) is 12.1 Å². The molecule has 10 fully saturated rings. The zero-order chi connectivity index (χ0) is 19.1. The summed E-state index contributed by atoms with van der Waals surface area (Å²) in [5.74, 6) is -0.712. The zero-order valence-electron chi connectivity index (χ0n) is 15.2. The molecule has 2 nitrogen and oxygen atoms in total. The van der Waals surface area contributed by atoms with Crippen molar-refractivity contribution in [3.8, 4) is 0 Å². The maximum absolute atomic E-state index is 14.6. The van der Waals surface area contributed by atoms with Crippen LogP contribution in [0.5, 0.6) is 0 Å². The molecule has 1 spiro atoms. The second-order valence-corrected chi connectivity index (χ2v) is 36.6. The van der Waals surface area contributed by atoms with Gasteiger partial charge in [0, 0.05) is 0 Å². The molecular weight excluding hydrogens is 414 g/mol. The summed E-state index contributed by atoms with van der Waals surface area (Å²) in [7, 11) is 0. The van der Waals surface area contributed by atoms with E-state index in [0.717, 1.165) is 0 Å². The summed E-state index contributed by atoms with van der Waals surface area (Å²) < 4.78 is 28.7. The molecule has 0 aromatic heterocycles. The summed E-state index contributed by atoms with van der Waals surface area (Å²) in [6.45, 7) is -4.49. The van der Waals surface area contributed by atoms with E-state index >= 15 is 0 Å². The van der Waals surface area contributed by atoms with Crippen molar-refractivity contribution in [2.75, 3.05) is 0 Å². The molecule has 5 heteroatoms. The second kappa shape index (κ2) is 1.50. The summed E-state index contributed by atoms with van der Waals surface area (Å²) >= 11 is 0. The third-order valence-electron chi connectivity index (χ3n) is 17.7. The summed E-state index contributed by atoms with van der Waals surface area (Å²) in [6.07, 6.45) is 0. The molecule has 29 heavy (non-hydrogen) atoms. The van der Waals surface area contributed by atoms with E-state index in [0.29, 0.717) is 38.5 Å². The van der Waals surface area contributed by atoms with Gasteiger partial charge >= 0.3 is 155 Å². The molecule has 10 aliphatic heterocycles. The fourth-order valence-electron chi connectivity index (χ4n) is 19.5. The van der Waals surface area contributed by atoms with Gasteiger partial charge in [0.2, 0.25) is 0 Å². The Balaban J connectivity index is 1.21. The second-order valence-electron chi connectivity index (χ2n) is 13.4. The molecule has 0 bridgehead atoms. The van der Waals surface area contributed by atoms with Crippen LogP contribution in [0.15, 0.2) is 48.5 Å². The third kappa shape index (κ3) is 0.216. The number of rotatable bonds is 4. The quantitative estimate of drug-likeness (QED) is 0.430. The van der Waals surface area contributed by atoms with Crippen molar-refractivity contribution in [1.82, 2.24) is 0 Å². The third-order valence-corrected chi connectivity index (χ3v) is 60.4. The monoisotopic (exact) mass is 430 g/mol. The van der Waals surface area contributed by atoms with Crippen molar-refractivity contribution in [2.24, 2.45) is 0 Å². The SMILES string of the molecule is O=C(c1ccccc1F)[C]12[CH]3[CH]4[CH]5[CH]1[Fe]45321678[CH]2[CH]1[CH]6[C]7(C(=O)c1ccccc1F)[CH]28. The van der Waals surface area contributed by atoms with Crippen LogP contribution in [0.2, 0.25) is 47.2 Å². The number of hydrogen-bond donors (Lipinski definition) is 0. The number of carbonyl (C=O) groups excluding carboxylic acids is 2. The zero-order valence-corrected chi connectivity index (χ0v) is 16.3. The first-order chi connectivity index (χ1) is 13.8. The normalized spacial score (nSPS) is 76.9. The van der Waals surface area contributed by atoms with E-state index in [4.69, 9.17) is 0 Å². The van der Waals surface area contributed by atoms with Crippen molar-refractivity contribution in [3.63, 3.8) is 0 Å². The molecule has 8 unspecified atom stereocenters. The Bertz CT molecular complexity index is 1660. The molecule has 2 aromatic carbocycles. The Morgan fingerprint density at radius 3 is 1.31 bits per heavy atom. The van der Waals surface area contributed by atoms with Gasteiger partial charge < -0.3 is 0 Å². The van der Waals surface area contributed by atoms with Crippen LogP contribution in [0.4, 0.5) is 8.78 Å². The molecule has 0 amide bonds. The average Bonchev–Trinajstić information content (AvgIpc) is 3.67. The fraction of sp³-hybridized carbons (Fsp3) is 0.417. The molecule has 0 aliphatic carbocycles. The van der Waals surface area contributed by atoms with Crippen molar-refractivity contribution in [1.29, 1.82) is 0 Å². The summed E-state index contributed by atoms with van der Waals surface area (Å²) in [6, 6.07) is 12.8.